The number of carbonyl (C=O) groups is 2. The number of aliphatic carboxylic acids is 1. The molecule has 2 aromatic heterocycles. The molecule has 1 atom stereocenters. The molecule has 2 aromatic carbocycles. The Kier molecular flexibility index (Phi) is 8.28. The molecule has 16 heteroatoms. The Morgan fingerprint density at radius 2 is 1.77 bits per heavy atom. The van der Waals surface area contributed by atoms with Gasteiger partial charge in [0, 0.05) is 19.6 Å². The number of nitrogens with one attached hydrogen (secondary N) is 1. The molecule has 0 amide bonds. The Labute approximate surface area is 245 Å². The summed E-state index contributed by atoms with van der Waals surface area (Å²) in [5.74, 6) is -3.77. The largest absolute Gasteiger partial charge is 0.490 e. The summed E-state index contributed by atoms with van der Waals surface area (Å²) in [5, 5.41) is 12.5. The van der Waals surface area contributed by atoms with Crippen molar-refractivity contribution in [1.29, 1.82) is 0 Å². The van der Waals surface area contributed by atoms with Crippen molar-refractivity contribution in [3.05, 3.63) is 86.0 Å². The van der Waals surface area contributed by atoms with Crippen molar-refractivity contribution in [2.75, 3.05) is 24.5 Å². The molecule has 0 radical (unpaired) electrons. The lowest BCUT2D eigenvalue weighted by Gasteiger charge is -2.34. The number of imidazole rings is 1. The number of benzene rings is 2. The van der Waals surface area contributed by atoms with E-state index in [1.807, 2.05) is 18.2 Å². The van der Waals surface area contributed by atoms with Crippen LogP contribution < -0.4 is 21.5 Å². The molecule has 43 heavy (non-hydrogen) atoms. The van der Waals surface area contributed by atoms with Gasteiger partial charge in [-0.1, -0.05) is 54.1 Å². The number of aryl methyl sites for hydroxylation is 1. The predicted octanol–water partition coefficient (Wildman–Crippen LogP) is 2.17. The topological polar surface area (TPSA) is 141 Å². The van der Waals surface area contributed by atoms with Crippen molar-refractivity contribution < 1.29 is 32.6 Å². The molecule has 12 nitrogen and oxygen atoms in total. The van der Waals surface area contributed by atoms with E-state index >= 15 is 0 Å². The normalized spacial score (nSPS) is 15.5. The number of ether oxygens (including phenoxy) is 1. The molecule has 4 aromatic rings. The number of hydrogen-bond donors (Lipinski definition) is 2. The number of rotatable bonds is 8. The van der Waals surface area contributed by atoms with Gasteiger partial charge in [-0.05, 0) is 24.1 Å². The van der Waals surface area contributed by atoms with Crippen molar-refractivity contribution in [3.8, 4) is 5.69 Å². The number of halogens is 4. The third-order valence-corrected chi connectivity index (χ3v) is 7.08. The van der Waals surface area contributed by atoms with Gasteiger partial charge in [0.2, 0.25) is 5.95 Å². The van der Waals surface area contributed by atoms with Gasteiger partial charge in [0.25, 0.3) is 5.56 Å². The first kappa shape index (κ1) is 29.8. The van der Waals surface area contributed by atoms with E-state index in [9.17, 15) is 37.5 Å². The second kappa shape index (κ2) is 11.9. The average molecular weight is 621 g/mol. The summed E-state index contributed by atoms with van der Waals surface area (Å²) in [6, 6.07) is 15.4. The SMILES string of the molecule is O=C(O)Cn1c(=O)n(CCc2ccccc2)c(=O)c2c1nc(N1CCNC(OC(=O)C(F)(F)F)C1)n2-c1ccccc1Cl. The average Bonchev–Trinajstić information content (AvgIpc) is 3.36. The number of para-hydroxylation sites is 1. The zero-order valence-corrected chi connectivity index (χ0v) is 23.0. The van der Waals surface area contributed by atoms with E-state index in [1.54, 1.807) is 36.4 Å². The van der Waals surface area contributed by atoms with Crippen LogP contribution in [0.1, 0.15) is 5.56 Å². The van der Waals surface area contributed by atoms with Gasteiger partial charge in [0.15, 0.2) is 17.4 Å². The third-order valence-electron chi connectivity index (χ3n) is 6.76. The first-order chi connectivity index (χ1) is 20.5. The van der Waals surface area contributed by atoms with Crippen LogP contribution in [0.25, 0.3) is 16.9 Å². The summed E-state index contributed by atoms with van der Waals surface area (Å²) in [6.07, 6.45) is -6.33. The Balaban J connectivity index is 1.70. The van der Waals surface area contributed by atoms with E-state index in [1.165, 1.54) is 9.47 Å². The van der Waals surface area contributed by atoms with Gasteiger partial charge in [-0.15, -0.1) is 0 Å². The summed E-state index contributed by atoms with van der Waals surface area (Å²) in [7, 11) is 0. The fourth-order valence-corrected chi connectivity index (χ4v) is 5.06. The van der Waals surface area contributed by atoms with Crippen molar-refractivity contribution in [1.82, 2.24) is 24.0 Å². The second-order valence-electron chi connectivity index (χ2n) is 9.62. The summed E-state index contributed by atoms with van der Waals surface area (Å²) in [5.41, 5.74) is -1.02. The number of fused-ring (bicyclic) bond motifs is 1. The van der Waals surface area contributed by atoms with Crippen molar-refractivity contribution in [2.24, 2.45) is 0 Å². The number of hydrogen-bond acceptors (Lipinski definition) is 8. The lowest BCUT2D eigenvalue weighted by atomic mass is 10.1. The Hall–Kier alpha value is -4.63. The molecule has 5 rings (SSSR count). The minimum absolute atomic E-state index is 0.0193. The van der Waals surface area contributed by atoms with Crippen LogP contribution in [0.2, 0.25) is 5.02 Å². The highest BCUT2D eigenvalue weighted by Crippen LogP contribution is 2.30. The molecule has 1 saturated heterocycles. The minimum atomic E-state index is -5.22. The number of carbonyl (C=O) groups excluding carboxylic acids is 1. The number of aromatic nitrogens is 4. The molecule has 3 heterocycles. The van der Waals surface area contributed by atoms with Gasteiger partial charge in [-0.2, -0.15) is 18.2 Å². The molecular formula is C27H24ClF3N6O6. The van der Waals surface area contributed by atoms with Gasteiger partial charge in [0.1, 0.15) is 6.54 Å². The molecule has 1 fully saturated rings. The molecule has 1 unspecified atom stereocenters. The smallest absolute Gasteiger partial charge is 0.480 e. The van der Waals surface area contributed by atoms with Gasteiger partial charge in [0.05, 0.1) is 17.3 Å². The van der Waals surface area contributed by atoms with Gasteiger partial charge in [-0.3, -0.25) is 28.6 Å². The second-order valence-corrected chi connectivity index (χ2v) is 10.0. The maximum atomic E-state index is 14.0. The van der Waals surface area contributed by atoms with Crippen molar-refractivity contribution in [3.63, 3.8) is 0 Å². The van der Waals surface area contributed by atoms with Crippen LogP contribution in [0.4, 0.5) is 19.1 Å². The Bertz CT molecular complexity index is 1800. The molecule has 0 aliphatic carbocycles. The third kappa shape index (κ3) is 6.12. The first-order valence-electron chi connectivity index (χ1n) is 13.0. The number of carboxylic acid groups (broad SMARTS) is 1. The van der Waals surface area contributed by atoms with Crippen LogP contribution in [0.15, 0.2) is 64.2 Å². The monoisotopic (exact) mass is 620 g/mol. The van der Waals surface area contributed by atoms with Crippen LogP contribution in [0, 0.1) is 0 Å². The number of esters is 1. The predicted molar refractivity (Wildman–Crippen MR) is 149 cm³/mol. The minimum Gasteiger partial charge on any atom is -0.480 e. The molecule has 0 spiro atoms. The van der Waals surface area contributed by atoms with E-state index in [-0.39, 0.29) is 60.4 Å². The lowest BCUT2D eigenvalue weighted by molar-refractivity contribution is -0.206. The Morgan fingerprint density at radius 3 is 2.44 bits per heavy atom. The zero-order valence-electron chi connectivity index (χ0n) is 22.3. The van der Waals surface area contributed by atoms with E-state index in [0.717, 1.165) is 14.7 Å². The van der Waals surface area contributed by atoms with Crippen LogP contribution in [0.3, 0.4) is 0 Å². The number of anilines is 1. The van der Waals surface area contributed by atoms with Gasteiger partial charge in [-0.25, -0.2) is 9.59 Å². The maximum absolute atomic E-state index is 14.0. The van der Waals surface area contributed by atoms with Crippen molar-refractivity contribution >= 4 is 40.7 Å². The summed E-state index contributed by atoms with van der Waals surface area (Å²) in [6.45, 7) is -1.03. The lowest BCUT2D eigenvalue weighted by Crippen LogP contribution is -2.54. The highest BCUT2D eigenvalue weighted by atomic mass is 35.5. The molecule has 0 saturated carbocycles. The molecule has 2 N–H and O–H groups in total. The highest BCUT2D eigenvalue weighted by molar-refractivity contribution is 6.32. The highest BCUT2D eigenvalue weighted by Gasteiger charge is 2.43. The van der Waals surface area contributed by atoms with Crippen LogP contribution in [-0.2, 0) is 33.8 Å². The molecular weight excluding hydrogens is 597 g/mol. The van der Waals surface area contributed by atoms with E-state index < -0.39 is 42.1 Å². The number of carboxylic acids is 1. The fourth-order valence-electron chi connectivity index (χ4n) is 4.84. The standard InChI is InChI=1S/C27H24ClF3N6O6/c28-17-8-4-5-9-18(17)37-21-22(33-25(37)34-13-11-32-19(14-34)43-24(41)27(29,30)31)36(15-20(38)39)26(42)35(23(21)40)12-10-16-6-2-1-3-7-16/h1-9,19,32H,10-15H2,(H,38,39). The molecule has 1 aliphatic heterocycles. The summed E-state index contributed by atoms with van der Waals surface area (Å²) in [4.78, 5) is 56.8. The van der Waals surface area contributed by atoms with Gasteiger partial charge < -0.3 is 14.7 Å². The van der Waals surface area contributed by atoms with Crippen LogP contribution in [-0.4, -0.2) is 67.8 Å². The number of nitrogens with zero attached hydrogens (tertiary/aromatic N) is 5. The van der Waals surface area contributed by atoms with Crippen molar-refractivity contribution in [2.45, 2.75) is 31.9 Å². The van der Waals surface area contributed by atoms with Crippen LogP contribution >= 0.6 is 11.6 Å². The maximum Gasteiger partial charge on any atom is 0.490 e. The van der Waals surface area contributed by atoms with Gasteiger partial charge >= 0.3 is 23.8 Å². The van der Waals surface area contributed by atoms with E-state index in [2.05, 4.69) is 15.0 Å². The quantitative estimate of drug-likeness (QED) is 0.284. The Morgan fingerprint density at radius 1 is 1.07 bits per heavy atom. The summed E-state index contributed by atoms with van der Waals surface area (Å²) >= 11 is 6.52. The van der Waals surface area contributed by atoms with E-state index in [0.29, 0.717) is 0 Å². The molecule has 0 bridgehead atoms. The van der Waals surface area contributed by atoms with E-state index in [4.69, 9.17) is 11.6 Å². The van der Waals surface area contributed by atoms with Crippen LogP contribution in [0.5, 0.6) is 0 Å². The number of alkyl halides is 3. The first-order valence-corrected chi connectivity index (χ1v) is 13.4. The molecule has 226 valence electrons. The fraction of sp³-hybridized carbons (Fsp3) is 0.296. The number of piperazine rings is 1. The molecule has 1 aliphatic rings. The summed E-state index contributed by atoms with van der Waals surface area (Å²) < 4.78 is 46.3. The zero-order chi connectivity index (χ0) is 30.9.